The van der Waals surface area contributed by atoms with Crippen molar-refractivity contribution >= 4 is 57.2 Å². The molecule has 6 heteroatoms. The Labute approximate surface area is 166 Å². The third-order valence-corrected chi connectivity index (χ3v) is 4.98. The van der Waals surface area contributed by atoms with Crippen molar-refractivity contribution in [1.29, 1.82) is 0 Å². The number of rotatable bonds is 5. The molecule has 0 aliphatic heterocycles. The number of halogens is 3. The van der Waals surface area contributed by atoms with Gasteiger partial charge in [0.1, 0.15) is 5.75 Å². The summed E-state index contributed by atoms with van der Waals surface area (Å²) in [5.74, 6) is 0.353. The van der Waals surface area contributed by atoms with E-state index in [2.05, 4.69) is 5.32 Å². The van der Waals surface area contributed by atoms with E-state index in [9.17, 15) is 4.79 Å². The Bertz CT molecular complexity index is 954. The lowest BCUT2D eigenvalue weighted by atomic mass is 10.1. The zero-order valence-electron chi connectivity index (χ0n) is 13.9. The van der Waals surface area contributed by atoms with Crippen molar-refractivity contribution in [2.45, 2.75) is 19.4 Å². The number of benzene rings is 3. The molecule has 0 saturated carbocycles. The van der Waals surface area contributed by atoms with E-state index < -0.39 is 6.10 Å². The van der Waals surface area contributed by atoms with Crippen molar-refractivity contribution in [3.05, 3.63) is 69.7 Å². The van der Waals surface area contributed by atoms with Gasteiger partial charge in [-0.2, -0.15) is 0 Å². The monoisotopic (exact) mass is 407 g/mol. The summed E-state index contributed by atoms with van der Waals surface area (Å²) in [5, 5.41) is 5.71. The van der Waals surface area contributed by atoms with E-state index in [4.69, 9.17) is 39.5 Å². The van der Waals surface area contributed by atoms with Gasteiger partial charge in [0.25, 0.3) is 5.91 Å². The molecule has 0 fully saturated rings. The SMILES string of the molecule is CC[C@H](Oc1cccc2ccccc12)C(=O)Nc1cc(Cl)c(Cl)cc1Cl. The fourth-order valence-electron chi connectivity index (χ4n) is 2.61. The van der Waals surface area contributed by atoms with Crippen LogP contribution in [0, 0.1) is 0 Å². The molecule has 0 radical (unpaired) electrons. The van der Waals surface area contributed by atoms with Crippen LogP contribution in [-0.4, -0.2) is 12.0 Å². The summed E-state index contributed by atoms with van der Waals surface area (Å²) in [6.45, 7) is 1.88. The van der Waals surface area contributed by atoms with Crippen LogP contribution in [-0.2, 0) is 4.79 Å². The third kappa shape index (κ3) is 4.07. The smallest absolute Gasteiger partial charge is 0.265 e. The molecular formula is C20H16Cl3NO2. The highest BCUT2D eigenvalue weighted by molar-refractivity contribution is 6.44. The quantitative estimate of drug-likeness (QED) is 0.483. The Hall–Kier alpha value is -1.94. The van der Waals surface area contributed by atoms with Crippen LogP contribution in [0.3, 0.4) is 0 Å². The third-order valence-electron chi connectivity index (χ3n) is 3.95. The van der Waals surface area contributed by atoms with Crippen LogP contribution in [0.15, 0.2) is 54.6 Å². The minimum absolute atomic E-state index is 0.305. The maximum atomic E-state index is 12.7. The summed E-state index contributed by atoms with van der Waals surface area (Å²) in [4.78, 5) is 12.7. The predicted molar refractivity (Wildman–Crippen MR) is 109 cm³/mol. The summed E-state index contributed by atoms with van der Waals surface area (Å²) >= 11 is 18.1. The molecule has 1 atom stereocenters. The van der Waals surface area contributed by atoms with Gasteiger partial charge in [0, 0.05) is 5.39 Å². The number of ether oxygens (including phenoxy) is 1. The number of carbonyl (C=O) groups excluding carboxylic acids is 1. The van der Waals surface area contributed by atoms with Crippen LogP contribution >= 0.6 is 34.8 Å². The number of amides is 1. The van der Waals surface area contributed by atoms with E-state index in [1.165, 1.54) is 12.1 Å². The predicted octanol–water partition coefficient (Wildman–Crippen LogP) is 6.60. The molecule has 0 saturated heterocycles. The summed E-state index contributed by atoms with van der Waals surface area (Å²) in [7, 11) is 0. The molecule has 1 amide bonds. The van der Waals surface area contributed by atoms with Gasteiger partial charge in [-0.25, -0.2) is 0 Å². The van der Waals surface area contributed by atoms with Crippen molar-refractivity contribution in [2.75, 3.05) is 5.32 Å². The number of carbonyl (C=O) groups is 1. The van der Waals surface area contributed by atoms with Crippen LogP contribution < -0.4 is 10.1 Å². The summed E-state index contributed by atoms with van der Waals surface area (Å²) in [6, 6.07) is 16.6. The molecule has 26 heavy (non-hydrogen) atoms. The van der Waals surface area contributed by atoms with Crippen molar-refractivity contribution in [2.24, 2.45) is 0 Å². The molecule has 0 heterocycles. The maximum absolute atomic E-state index is 12.7. The van der Waals surface area contributed by atoms with Crippen molar-refractivity contribution < 1.29 is 9.53 Å². The van der Waals surface area contributed by atoms with Crippen LogP contribution in [0.4, 0.5) is 5.69 Å². The minimum atomic E-state index is -0.675. The molecule has 0 unspecified atom stereocenters. The van der Waals surface area contributed by atoms with Gasteiger partial charge in [0.15, 0.2) is 6.10 Å². The molecule has 134 valence electrons. The Morgan fingerprint density at radius 2 is 1.69 bits per heavy atom. The second kappa shape index (κ2) is 8.17. The molecule has 1 N–H and O–H groups in total. The molecule has 3 aromatic rings. The lowest BCUT2D eigenvalue weighted by Gasteiger charge is -2.19. The first-order valence-corrected chi connectivity index (χ1v) is 9.22. The second-order valence-electron chi connectivity index (χ2n) is 5.73. The van der Waals surface area contributed by atoms with E-state index in [1.54, 1.807) is 0 Å². The zero-order valence-corrected chi connectivity index (χ0v) is 16.2. The lowest BCUT2D eigenvalue weighted by molar-refractivity contribution is -0.122. The van der Waals surface area contributed by atoms with E-state index in [0.29, 0.717) is 32.9 Å². The van der Waals surface area contributed by atoms with E-state index >= 15 is 0 Å². The molecule has 0 spiro atoms. The minimum Gasteiger partial charge on any atom is -0.480 e. The average molecular weight is 409 g/mol. The van der Waals surface area contributed by atoms with E-state index in [0.717, 1.165) is 10.8 Å². The lowest BCUT2D eigenvalue weighted by Crippen LogP contribution is -2.32. The van der Waals surface area contributed by atoms with Crippen LogP contribution in [0.5, 0.6) is 5.75 Å². The average Bonchev–Trinajstić information content (AvgIpc) is 2.64. The molecule has 0 aromatic heterocycles. The van der Waals surface area contributed by atoms with Crippen LogP contribution in [0.1, 0.15) is 13.3 Å². The van der Waals surface area contributed by atoms with E-state index in [-0.39, 0.29) is 5.91 Å². The fraction of sp³-hybridized carbons (Fsp3) is 0.150. The second-order valence-corrected chi connectivity index (χ2v) is 6.95. The largest absolute Gasteiger partial charge is 0.480 e. The maximum Gasteiger partial charge on any atom is 0.265 e. The van der Waals surface area contributed by atoms with Gasteiger partial charge in [-0.05, 0) is 30.0 Å². The summed E-state index contributed by atoms with van der Waals surface area (Å²) in [5.41, 5.74) is 0.394. The molecule has 3 aromatic carbocycles. The van der Waals surface area contributed by atoms with Gasteiger partial charge < -0.3 is 10.1 Å². The topological polar surface area (TPSA) is 38.3 Å². The highest BCUT2D eigenvalue weighted by Gasteiger charge is 2.21. The fourth-order valence-corrected chi connectivity index (χ4v) is 3.20. The molecule has 3 rings (SSSR count). The highest BCUT2D eigenvalue weighted by Crippen LogP contribution is 2.33. The number of hydrogen-bond acceptors (Lipinski definition) is 2. The normalized spacial score (nSPS) is 12.0. The molecule has 0 aliphatic carbocycles. The Balaban J connectivity index is 1.82. The Morgan fingerprint density at radius 3 is 2.46 bits per heavy atom. The summed E-state index contributed by atoms with van der Waals surface area (Å²) < 4.78 is 5.99. The molecular weight excluding hydrogens is 393 g/mol. The Kier molecular flexibility index (Phi) is 5.92. The van der Waals surface area contributed by atoms with Crippen LogP contribution in [0.2, 0.25) is 15.1 Å². The first-order valence-electron chi connectivity index (χ1n) is 8.09. The Morgan fingerprint density at radius 1 is 1.00 bits per heavy atom. The van der Waals surface area contributed by atoms with Gasteiger partial charge in [0.2, 0.25) is 0 Å². The first kappa shape index (κ1) is 18.8. The number of fused-ring (bicyclic) bond motifs is 1. The van der Waals surface area contributed by atoms with Gasteiger partial charge in [-0.1, -0.05) is 78.1 Å². The van der Waals surface area contributed by atoms with Crippen molar-refractivity contribution in [3.63, 3.8) is 0 Å². The van der Waals surface area contributed by atoms with Crippen molar-refractivity contribution in [3.8, 4) is 5.75 Å². The molecule has 0 bridgehead atoms. The first-order chi connectivity index (χ1) is 12.5. The van der Waals surface area contributed by atoms with Gasteiger partial charge in [-0.15, -0.1) is 0 Å². The standard InChI is InChI=1S/C20H16Cl3NO2/c1-2-18(20(25)24-17-11-15(22)14(21)10-16(17)23)26-19-9-5-7-12-6-3-4-8-13(12)19/h3-11,18H,2H2,1H3,(H,24,25)/t18-/m0/s1. The van der Waals surface area contributed by atoms with Gasteiger partial charge in [0.05, 0.1) is 20.8 Å². The number of hydrogen-bond donors (Lipinski definition) is 1. The van der Waals surface area contributed by atoms with Crippen LogP contribution in [0.25, 0.3) is 10.8 Å². The van der Waals surface area contributed by atoms with E-state index in [1.807, 2.05) is 49.4 Å². The van der Waals surface area contributed by atoms with Gasteiger partial charge >= 0.3 is 0 Å². The molecule has 3 nitrogen and oxygen atoms in total. The van der Waals surface area contributed by atoms with Gasteiger partial charge in [-0.3, -0.25) is 4.79 Å². The highest BCUT2D eigenvalue weighted by atomic mass is 35.5. The van der Waals surface area contributed by atoms with Crippen molar-refractivity contribution in [1.82, 2.24) is 0 Å². The number of nitrogens with one attached hydrogen (secondary N) is 1. The zero-order chi connectivity index (χ0) is 18.7. The molecule has 0 aliphatic rings. The summed E-state index contributed by atoms with van der Waals surface area (Å²) in [6.07, 6.45) is -0.181. The number of anilines is 1.